The van der Waals surface area contributed by atoms with E-state index in [1.165, 1.54) is 0 Å². The highest BCUT2D eigenvalue weighted by Crippen LogP contribution is 2.47. The standard InChI is InChI=1S/C26H35FN4O4/c1-2-31-23-18-21(34-14-3-11-30-12-16-33-17-13-30)8-9-22(23)24(28)25(31)19-4-6-20(7-5-19)29-26(32)35-15-10-27/h4-9,18,24-25H,2-3,10-17,28H2,1H3,(H,29,32). The van der Waals surface area contributed by atoms with Crippen molar-refractivity contribution in [2.75, 3.05) is 69.5 Å². The summed E-state index contributed by atoms with van der Waals surface area (Å²) in [5.74, 6) is 0.850. The van der Waals surface area contributed by atoms with Crippen molar-refractivity contribution < 1.29 is 23.4 Å². The Labute approximate surface area is 206 Å². The van der Waals surface area contributed by atoms with Gasteiger partial charge in [0.05, 0.1) is 31.9 Å². The number of halogens is 1. The minimum Gasteiger partial charge on any atom is -0.493 e. The molecule has 1 amide bonds. The van der Waals surface area contributed by atoms with Crippen LogP contribution in [0.25, 0.3) is 0 Å². The first-order chi connectivity index (χ1) is 17.1. The summed E-state index contributed by atoms with van der Waals surface area (Å²) in [7, 11) is 0. The van der Waals surface area contributed by atoms with Gasteiger partial charge in [-0.3, -0.25) is 10.2 Å². The number of carbonyl (C=O) groups excluding carboxylic acids is 1. The lowest BCUT2D eigenvalue weighted by atomic mass is 9.97. The number of fused-ring (bicyclic) bond motifs is 1. The number of benzene rings is 2. The Morgan fingerprint density at radius 1 is 1.17 bits per heavy atom. The quantitative estimate of drug-likeness (QED) is 0.493. The fourth-order valence-electron chi connectivity index (χ4n) is 4.76. The van der Waals surface area contributed by atoms with Crippen molar-refractivity contribution in [3.63, 3.8) is 0 Å². The smallest absolute Gasteiger partial charge is 0.411 e. The maximum atomic E-state index is 12.2. The van der Waals surface area contributed by atoms with E-state index in [4.69, 9.17) is 19.9 Å². The van der Waals surface area contributed by atoms with Gasteiger partial charge in [-0.15, -0.1) is 0 Å². The van der Waals surface area contributed by atoms with Crippen molar-refractivity contribution in [1.29, 1.82) is 0 Å². The molecule has 2 aromatic carbocycles. The highest BCUT2D eigenvalue weighted by atomic mass is 19.1. The molecule has 190 valence electrons. The van der Waals surface area contributed by atoms with Crippen LogP contribution < -0.4 is 20.7 Å². The van der Waals surface area contributed by atoms with E-state index >= 15 is 0 Å². The number of nitrogens with two attached hydrogens (primary N) is 1. The molecule has 2 heterocycles. The second kappa shape index (κ2) is 12.2. The Kier molecular flexibility index (Phi) is 8.79. The number of alkyl halides is 1. The van der Waals surface area contributed by atoms with Crippen molar-refractivity contribution in [3.05, 3.63) is 53.6 Å². The molecule has 0 saturated carbocycles. The predicted molar refractivity (Wildman–Crippen MR) is 134 cm³/mol. The molecule has 0 radical (unpaired) electrons. The van der Waals surface area contributed by atoms with Crippen LogP contribution in [0.3, 0.4) is 0 Å². The molecular weight excluding hydrogens is 451 g/mol. The average molecular weight is 487 g/mol. The number of anilines is 2. The molecule has 0 aromatic heterocycles. The number of amides is 1. The molecule has 8 nitrogen and oxygen atoms in total. The van der Waals surface area contributed by atoms with Crippen molar-refractivity contribution >= 4 is 17.5 Å². The van der Waals surface area contributed by atoms with Gasteiger partial charge in [0.2, 0.25) is 0 Å². The molecule has 3 N–H and O–H groups in total. The number of hydrogen-bond acceptors (Lipinski definition) is 7. The van der Waals surface area contributed by atoms with Gasteiger partial charge in [-0.05, 0) is 42.7 Å². The third kappa shape index (κ3) is 6.22. The molecule has 4 rings (SSSR count). The Morgan fingerprint density at radius 2 is 1.94 bits per heavy atom. The summed E-state index contributed by atoms with van der Waals surface area (Å²) in [5, 5.41) is 2.60. The van der Waals surface area contributed by atoms with Gasteiger partial charge in [0.25, 0.3) is 0 Å². The van der Waals surface area contributed by atoms with Crippen LogP contribution in [-0.2, 0) is 9.47 Å². The Bertz CT molecular complexity index is 968. The molecule has 2 aliphatic rings. The molecule has 1 fully saturated rings. The Hall–Kier alpha value is -2.88. The third-order valence-corrected chi connectivity index (χ3v) is 6.49. The van der Waals surface area contributed by atoms with Crippen LogP contribution >= 0.6 is 0 Å². The first kappa shape index (κ1) is 25.2. The van der Waals surface area contributed by atoms with Crippen molar-refractivity contribution in [1.82, 2.24) is 4.90 Å². The van der Waals surface area contributed by atoms with Crippen LogP contribution in [0.2, 0.25) is 0 Å². The molecule has 0 aliphatic carbocycles. The van der Waals surface area contributed by atoms with Crippen molar-refractivity contribution in [3.8, 4) is 5.75 Å². The van der Waals surface area contributed by atoms with E-state index in [0.717, 1.165) is 68.4 Å². The normalized spacial score (nSPS) is 19.9. The maximum absolute atomic E-state index is 12.2. The monoisotopic (exact) mass is 486 g/mol. The Balaban J connectivity index is 1.38. The molecule has 2 unspecified atom stereocenters. The molecule has 1 saturated heterocycles. The van der Waals surface area contributed by atoms with Crippen LogP contribution in [0.15, 0.2) is 42.5 Å². The fraction of sp³-hybridized carbons (Fsp3) is 0.500. The summed E-state index contributed by atoms with van der Waals surface area (Å²) in [5.41, 5.74) is 10.5. The fourth-order valence-corrected chi connectivity index (χ4v) is 4.76. The number of nitrogens with zero attached hydrogens (tertiary/aromatic N) is 2. The van der Waals surface area contributed by atoms with E-state index in [9.17, 15) is 9.18 Å². The number of hydrogen-bond donors (Lipinski definition) is 2. The van der Waals surface area contributed by atoms with Crippen LogP contribution in [-0.4, -0.2) is 70.3 Å². The van der Waals surface area contributed by atoms with Crippen LogP contribution in [0.4, 0.5) is 20.6 Å². The van der Waals surface area contributed by atoms with Gasteiger partial charge in [-0.1, -0.05) is 18.2 Å². The third-order valence-electron chi connectivity index (χ3n) is 6.49. The van der Waals surface area contributed by atoms with E-state index in [2.05, 4.69) is 34.2 Å². The molecule has 0 bridgehead atoms. The van der Waals surface area contributed by atoms with Crippen LogP contribution in [0.1, 0.15) is 36.6 Å². The molecule has 35 heavy (non-hydrogen) atoms. The average Bonchev–Trinajstić information content (AvgIpc) is 3.17. The molecule has 2 atom stereocenters. The minimum atomic E-state index is -0.708. The first-order valence-corrected chi connectivity index (χ1v) is 12.3. The Morgan fingerprint density at radius 3 is 2.66 bits per heavy atom. The van der Waals surface area contributed by atoms with E-state index in [-0.39, 0.29) is 18.7 Å². The molecule has 0 spiro atoms. The van der Waals surface area contributed by atoms with Gasteiger partial charge in [-0.2, -0.15) is 0 Å². The van der Waals surface area contributed by atoms with Crippen molar-refractivity contribution in [2.45, 2.75) is 25.4 Å². The summed E-state index contributed by atoms with van der Waals surface area (Å²) < 4.78 is 28.4. The minimum absolute atomic E-state index is 0.0286. The van der Waals surface area contributed by atoms with Crippen molar-refractivity contribution in [2.24, 2.45) is 5.73 Å². The lowest BCUT2D eigenvalue weighted by Gasteiger charge is -2.29. The maximum Gasteiger partial charge on any atom is 0.411 e. The summed E-state index contributed by atoms with van der Waals surface area (Å²) >= 11 is 0. The van der Waals surface area contributed by atoms with Gasteiger partial charge in [0.15, 0.2) is 0 Å². The second-order valence-electron chi connectivity index (χ2n) is 8.71. The molecule has 2 aliphatic heterocycles. The van der Waals surface area contributed by atoms with Gasteiger partial charge in [-0.25, -0.2) is 9.18 Å². The van der Waals surface area contributed by atoms with E-state index < -0.39 is 12.8 Å². The summed E-state index contributed by atoms with van der Waals surface area (Å²) in [6, 6.07) is 13.4. The highest BCUT2D eigenvalue weighted by molar-refractivity contribution is 5.84. The molecular formula is C26H35FN4O4. The summed E-state index contributed by atoms with van der Waals surface area (Å²) in [4.78, 5) is 16.4. The van der Waals surface area contributed by atoms with Gasteiger partial charge in [0, 0.05) is 43.6 Å². The first-order valence-electron chi connectivity index (χ1n) is 12.3. The number of rotatable bonds is 10. The number of carbonyl (C=O) groups is 1. The predicted octanol–water partition coefficient (Wildman–Crippen LogP) is 3.89. The lowest BCUT2D eigenvalue weighted by Crippen LogP contribution is -2.37. The van der Waals surface area contributed by atoms with E-state index in [1.54, 1.807) is 12.1 Å². The highest BCUT2D eigenvalue weighted by Gasteiger charge is 2.36. The zero-order valence-corrected chi connectivity index (χ0v) is 20.2. The SMILES string of the molecule is CCN1c2cc(OCCCN3CCOCC3)ccc2C(N)C1c1ccc(NC(=O)OCCF)cc1. The second-order valence-corrected chi connectivity index (χ2v) is 8.71. The number of likely N-dealkylation sites (N-methyl/N-ethyl adjacent to an activating group) is 1. The van der Waals surface area contributed by atoms with Crippen LogP contribution in [0, 0.1) is 0 Å². The zero-order valence-electron chi connectivity index (χ0n) is 20.2. The number of morpholine rings is 1. The van der Waals surface area contributed by atoms with E-state index in [1.807, 2.05) is 18.2 Å². The molecule has 2 aromatic rings. The van der Waals surface area contributed by atoms with E-state index in [0.29, 0.717) is 12.3 Å². The summed E-state index contributed by atoms with van der Waals surface area (Å²) in [6.45, 7) is 7.22. The lowest BCUT2D eigenvalue weighted by molar-refractivity contribution is 0.0358. The topological polar surface area (TPSA) is 89.3 Å². The van der Waals surface area contributed by atoms with Gasteiger partial charge < -0.3 is 24.8 Å². The summed E-state index contributed by atoms with van der Waals surface area (Å²) in [6.07, 6.45) is 0.298. The number of nitrogens with one attached hydrogen (secondary N) is 1. The van der Waals surface area contributed by atoms with Gasteiger partial charge in [0.1, 0.15) is 19.0 Å². The largest absolute Gasteiger partial charge is 0.493 e. The van der Waals surface area contributed by atoms with Gasteiger partial charge >= 0.3 is 6.09 Å². The van der Waals surface area contributed by atoms with Crippen LogP contribution in [0.5, 0.6) is 5.75 Å². The zero-order chi connectivity index (χ0) is 24.6. The number of ether oxygens (including phenoxy) is 3. The molecule has 9 heteroatoms.